The first-order valence-corrected chi connectivity index (χ1v) is 10.6. The van der Waals surface area contributed by atoms with E-state index in [1.807, 2.05) is 14.0 Å². The van der Waals surface area contributed by atoms with Crippen LogP contribution in [0.5, 0.6) is 0 Å². The minimum absolute atomic E-state index is 0.418. The highest BCUT2D eigenvalue weighted by molar-refractivity contribution is 7.07. The molecule has 2 aromatic rings. The summed E-state index contributed by atoms with van der Waals surface area (Å²) in [5.41, 5.74) is 1.87. The lowest BCUT2D eigenvalue weighted by atomic mass is 9.71. The number of piperidine rings is 1. The number of ether oxygens (including phenoxy) is 1. The van der Waals surface area contributed by atoms with Crippen molar-refractivity contribution in [2.45, 2.75) is 32.9 Å². The molecule has 5 heteroatoms. The topological polar surface area (TPSA) is 28.9 Å². The Balaban J connectivity index is 1.38. The fraction of sp³-hybridized carbons (Fsp3) is 0.619. The lowest BCUT2D eigenvalue weighted by molar-refractivity contribution is 0.0331. The maximum atomic E-state index is 5.77. The van der Waals surface area contributed by atoms with Crippen LogP contribution in [0.25, 0.3) is 0 Å². The molecule has 2 aliphatic heterocycles. The van der Waals surface area contributed by atoms with Gasteiger partial charge >= 0.3 is 0 Å². The minimum Gasteiger partial charge on any atom is -0.465 e. The van der Waals surface area contributed by atoms with E-state index in [2.05, 4.69) is 38.8 Å². The number of hydrogen-bond donors (Lipinski definition) is 0. The van der Waals surface area contributed by atoms with Crippen LogP contribution in [0.3, 0.4) is 0 Å². The summed E-state index contributed by atoms with van der Waals surface area (Å²) in [7, 11) is 1.85. The van der Waals surface area contributed by atoms with Crippen LogP contribution in [0.4, 0.5) is 0 Å². The Labute approximate surface area is 160 Å². The quantitative estimate of drug-likeness (QED) is 0.764. The number of furan rings is 1. The van der Waals surface area contributed by atoms with Crippen LogP contribution in [0.15, 0.2) is 33.4 Å². The highest BCUT2D eigenvalue weighted by atomic mass is 32.1. The molecular weight excluding hydrogens is 344 g/mol. The van der Waals surface area contributed by atoms with Gasteiger partial charge in [0.1, 0.15) is 11.5 Å². The molecule has 0 saturated carbocycles. The van der Waals surface area contributed by atoms with Gasteiger partial charge in [-0.2, -0.15) is 11.3 Å². The fourth-order valence-corrected chi connectivity index (χ4v) is 5.51. The van der Waals surface area contributed by atoms with E-state index in [9.17, 15) is 0 Å². The third-order valence-electron chi connectivity index (χ3n) is 6.26. The average Bonchev–Trinajstić information content (AvgIpc) is 3.34. The molecule has 2 aromatic heterocycles. The third-order valence-corrected chi connectivity index (χ3v) is 7.00. The Morgan fingerprint density at radius 1 is 1.19 bits per heavy atom. The maximum absolute atomic E-state index is 5.77. The monoisotopic (exact) mass is 374 g/mol. The van der Waals surface area contributed by atoms with Gasteiger partial charge in [0.2, 0.25) is 0 Å². The normalized spacial score (nSPS) is 23.8. The number of nitrogens with zero attached hydrogens (tertiary/aromatic N) is 2. The van der Waals surface area contributed by atoms with E-state index >= 15 is 0 Å². The van der Waals surface area contributed by atoms with Gasteiger partial charge in [0.05, 0.1) is 13.2 Å². The molecule has 0 N–H and O–H groups in total. The first-order chi connectivity index (χ1) is 12.7. The van der Waals surface area contributed by atoms with Crippen molar-refractivity contribution in [2.75, 3.05) is 39.9 Å². The lowest BCUT2D eigenvalue weighted by Crippen LogP contribution is -2.44. The Morgan fingerprint density at radius 3 is 2.69 bits per heavy atom. The van der Waals surface area contributed by atoms with Gasteiger partial charge < -0.3 is 9.15 Å². The summed E-state index contributed by atoms with van der Waals surface area (Å²) in [4.78, 5) is 5.20. The second kappa shape index (κ2) is 7.85. The number of thiophene rings is 1. The Kier molecular flexibility index (Phi) is 5.50. The summed E-state index contributed by atoms with van der Waals surface area (Å²) in [6, 6.07) is 6.44. The van der Waals surface area contributed by atoms with Crippen molar-refractivity contribution in [2.24, 2.45) is 11.3 Å². The largest absolute Gasteiger partial charge is 0.465 e. The van der Waals surface area contributed by atoms with Crippen LogP contribution in [-0.2, 0) is 17.8 Å². The molecule has 4 heterocycles. The zero-order valence-electron chi connectivity index (χ0n) is 15.9. The van der Waals surface area contributed by atoms with E-state index in [0.29, 0.717) is 11.3 Å². The van der Waals surface area contributed by atoms with Gasteiger partial charge in [-0.25, -0.2) is 0 Å². The van der Waals surface area contributed by atoms with E-state index in [4.69, 9.17) is 9.15 Å². The van der Waals surface area contributed by atoms with E-state index in [1.54, 1.807) is 11.3 Å². The zero-order valence-corrected chi connectivity index (χ0v) is 16.8. The van der Waals surface area contributed by atoms with E-state index in [-0.39, 0.29) is 0 Å². The van der Waals surface area contributed by atoms with Gasteiger partial charge in [0.25, 0.3) is 0 Å². The first kappa shape index (κ1) is 18.2. The van der Waals surface area contributed by atoms with Crippen molar-refractivity contribution < 1.29 is 9.15 Å². The fourth-order valence-electron chi connectivity index (χ4n) is 4.85. The summed E-state index contributed by atoms with van der Waals surface area (Å²) in [6.07, 6.45) is 2.53. The van der Waals surface area contributed by atoms with Crippen LogP contribution >= 0.6 is 11.3 Å². The van der Waals surface area contributed by atoms with Crippen LogP contribution in [0.1, 0.15) is 29.9 Å². The summed E-state index contributed by atoms with van der Waals surface area (Å²) in [6.45, 7) is 9.63. The molecule has 1 atom stereocenters. The van der Waals surface area contributed by atoms with Crippen molar-refractivity contribution in [3.63, 3.8) is 0 Å². The van der Waals surface area contributed by atoms with Crippen molar-refractivity contribution >= 4 is 11.3 Å². The molecular formula is C21H30N2O2S. The first-order valence-electron chi connectivity index (χ1n) is 9.67. The van der Waals surface area contributed by atoms with E-state index in [0.717, 1.165) is 44.3 Å². The molecule has 0 aromatic carbocycles. The average molecular weight is 375 g/mol. The summed E-state index contributed by atoms with van der Waals surface area (Å²) >= 11 is 1.80. The van der Waals surface area contributed by atoms with Crippen LogP contribution in [-0.4, -0.2) is 49.7 Å². The second-order valence-corrected chi connectivity index (χ2v) is 8.88. The molecule has 2 aliphatic rings. The minimum atomic E-state index is 0.418. The highest BCUT2D eigenvalue weighted by Gasteiger charge is 2.47. The smallest absolute Gasteiger partial charge is 0.118 e. The predicted molar refractivity (Wildman–Crippen MR) is 105 cm³/mol. The predicted octanol–water partition coefficient (Wildman–Crippen LogP) is 4.01. The summed E-state index contributed by atoms with van der Waals surface area (Å²) < 4.78 is 11.4. The summed E-state index contributed by atoms with van der Waals surface area (Å²) in [5.74, 6) is 2.75. The maximum Gasteiger partial charge on any atom is 0.118 e. The van der Waals surface area contributed by atoms with Gasteiger partial charge in [-0.3, -0.25) is 9.80 Å². The van der Waals surface area contributed by atoms with Crippen molar-refractivity contribution in [1.82, 2.24) is 9.80 Å². The summed E-state index contributed by atoms with van der Waals surface area (Å²) in [5, 5.41) is 4.47. The number of rotatable bonds is 6. The van der Waals surface area contributed by atoms with Crippen LogP contribution in [0, 0.1) is 18.3 Å². The van der Waals surface area contributed by atoms with Crippen molar-refractivity contribution in [3.05, 3.63) is 46.0 Å². The Hall–Kier alpha value is -1.14. The SMILES string of the molecule is COCC1CN(Cc2ccsc2)CC12CCN(Cc1ccc(C)o1)CC2. The molecule has 0 aliphatic carbocycles. The molecule has 1 unspecified atom stereocenters. The van der Waals surface area contributed by atoms with Crippen molar-refractivity contribution in [1.29, 1.82) is 0 Å². The standard InChI is InChI=1S/C21H30N2O2S/c1-17-3-4-20(25-17)13-22-8-6-21(7-9-22)16-23(12-19(21)14-24-2)11-18-5-10-26-15-18/h3-5,10,15,19H,6-9,11-14,16H2,1-2H3. The van der Waals surface area contributed by atoms with Crippen molar-refractivity contribution in [3.8, 4) is 0 Å². The molecule has 4 nitrogen and oxygen atoms in total. The van der Waals surface area contributed by atoms with Crippen LogP contribution < -0.4 is 0 Å². The number of methoxy groups -OCH3 is 1. The molecule has 4 rings (SSSR count). The Bertz CT molecular complexity index is 689. The van der Waals surface area contributed by atoms with Gasteiger partial charge in [-0.05, 0) is 72.8 Å². The third kappa shape index (κ3) is 3.91. The second-order valence-electron chi connectivity index (χ2n) is 8.10. The molecule has 0 amide bonds. The number of aryl methyl sites for hydroxylation is 1. The molecule has 26 heavy (non-hydrogen) atoms. The van der Waals surface area contributed by atoms with E-state index in [1.165, 1.54) is 31.5 Å². The Morgan fingerprint density at radius 2 is 2.04 bits per heavy atom. The molecule has 2 saturated heterocycles. The molecule has 1 spiro atoms. The molecule has 2 fully saturated rings. The molecule has 0 bridgehead atoms. The van der Waals surface area contributed by atoms with Gasteiger partial charge in [-0.1, -0.05) is 0 Å². The number of hydrogen-bond acceptors (Lipinski definition) is 5. The van der Waals surface area contributed by atoms with Gasteiger partial charge in [-0.15, -0.1) is 0 Å². The lowest BCUT2D eigenvalue weighted by Gasteiger charge is -2.42. The number of likely N-dealkylation sites (tertiary alicyclic amines) is 2. The van der Waals surface area contributed by atoms with Gasteiger partial charge in [0.15, 0.2) is 0 Å². The van der Waals surface area contributed by atoms with Gasteiger partial charge in [0, 0.05) is 32.7 Å². The molecule has 0 radical (unpaired) electrons. The van der Waals surface area contributed by atoms with Crippen LogP contribution in [0.2, 0.25) is 0 Å². The molecule has 142 valence electrons. The zero-order chi connectivity index (χ0) is 18.0. The highest BCUT2D eigenvalue weighted by Crippen LogP contribution is 2.45. The van der Waals surface area contributed by atoms with E-state index < -0.39 is 0 Å².